The van der Waals surface area contributed by atoms with Crippen LogP contribution in [0.1, 0.15) is 5.89 Å². The second-order valence-electron chi connectivity index (χ2n) is 6.93. The third-order valence-electron chi connectivity index (χ3n) is 4.81. The van der Waals surface area contributed by atoms with Crippen LogP contribution in [0.25, 0.3) is 33.6 Å². The molecule has 7 nitrogen and oxygen atoms in total. The summed E-state index contributed by atoms with van der Waals surface area (Å²) in [5.74, 6) is 0.0468. The van der Waals surface area contributed by atoms with Gasteiger partial charge in [0.2, 0.25) is 11.3 Å². The smallest absolute Gasteiger partial charge is 0.297 e. The Morgan fingerprint density at radius 3 is 2.38 bits per heavy atom. The van der Waals surface area contributed by atoms with Crippen molar-refractivity contribution in [2.24, 2.45) is 0 Å². The lowest BCUT2D eigenvalue weighted by molar-refractivity contribution is 0.211. The Kier molecular flexibility index (Phi) is 4.87. The fourth-order valence-corrected chi connectivity index (χ4v) is 3.25. The number of benzene rings is 3. The van der Waals surface area contributed by atoms with Crippen LogP contribution in [0.4, 0.5) is 4.39 Å². The molecule has 0 aliphatic heterocycles. The van der Waals surface area contributed by atoms with Crippen LogP contribution in [0.2, 0.25) is 0 Å². The number of ether oxygens (including phenoxy) is 1. The zero-order valence-electron chi connectivity index (χ0n) is 16.5. The maximum Gasteiger partial charge on any atom is 0.297 e. The van der Waals surface area contributed by atoms with E-state index in [0.29, 0.717) is 22.1 Å². The summed E-state index contributed by atoms with van der Waals surface area (Å²) in [5, 5.41) is 17.9. The number of nitrogens with zero attached hydrogens (tertiary/aromatic N) is 2. The van der Waals surface area contributed by atoms with Crippen molar-refractivity contribution in [3.63, 3.8) is 0 Å². The van der Waals surface area contributed by atoms with Gasteiger partial charge >= 0.3 is 0 Å². The predicted octanol–water partition coefficient (Wildman–Crippen LogP) is 4.93. The van der Waals surface area contributed by atoms with Crippen molar-refractivity contribution in [2.45, 2.75) is 6.61 Å². The van der Waals surface area contributed by atoms with Gasteiger partial charge in [-0.05, 0) is 54.1 Å². The molecule has 0 radical (unpaired) electrons. The number of halogens is 1. The fourth-order valence-electron chi connectivity index (χ4n) is 3.25. The SMILES string of the molecule is O=c1c(-c2ccc(O)cc2)c(OCc2nnc(-c3ccc(F)cc3)o2)oc2ccccc12. The number of rotatable bonds is 5. The first-order chi connectivity index (χ1) is 15.6. The van der Waals surface area contributed by atoms with Gasteiger partial charge in [-0.15, -0.1) is 10.2 Å². The summed E-state index contributed by atoms with van der Waals surface area (Å²) in [7, 11) is 0. The molecule has 5 aromatic rings. The van der Waals surface area contributed by atoms with E-state index < -0.39 is 0 Å². The van der Waals surface area contributed by atoms with Gasteiger partial charge in [0.05, 0.1) is 5.39 Å². The Morgan fingerprint density at radius 2 is 1.59 bits per heavy atom. The summed E-state index contributed by atoms with van der Waals surface area (Å²) in [5.41, 5.74) is 1.39. The molecule has 0 saturated heterocycles. The van der Waals surface area contributed by atoms with Gasteiger partial charge < -0.3 is 18.7 Å². The van der Waals surface area contributed by atoms with E-state index in [1.165, 1.54) is 36.4 Å². The van der Waals surface area contributed by atoms with Crippen LogP contribution >= 0.6 is 0 Å². The first kappa shape index (κ1) is 19.5. The normalized spacial score (nSPS) is 11.0. The molecule has 32 heavy (non-hydrogen) atoms. The van der Waals surface area contributed by atoms with Gasteiger partial charge in [-0.2, -0.15) is 0 Å². The van der Waals surface area contributed by atoms with Crippen molar-refractivity contribution in [2.75, 3.05) is 0 Å². The van der Waals surface area contributed by atoms with Crippen molar-refractivity contribution in [3.05, 3.63) is 94.7 Å². The standard InChI is InChI=1S/C24H15FN2O5/c25-16-9-5-15(6-10-16)23-27-26-20(32-23)13-30-24-21(14-7-11-17(28)12-8-14)22(29)18-3-1-2-4-19(18)31-24/h1-12,28H,13H2. The molecule has 0 atom stereocenters. The number of aromatic hydroxyl groups is 1. The molecule has 0 unspecified atom stereocenters. The lowest BCUT2D eigenvalue weighted by atomic mass is 10.0. The maximum absolute atomic E-state index is 13.2. The van der Waals surface area contributed by atoms with E-state index >= 15 is 0 Å². The lowest BCUT2D eigenvalue weighted by Crippen LogP contribution is -2.09. The number of hydrogen-bond donors (Lipinski definition) is 1. The number of para-hydroxylation sites is 1. The largest absolute Gasteiger partial charge is 0.508 e. The molecule has 2 heterocycles. The Hall–Kier alpha value is -4.46. The van der Waals surface area contributed by atoms with Crippen LogP contribution in [0.3, 0.4) is 0 Å². The van der Waals surface area contributed by atoms with E-state index in [1.54, 1.807) is 36.4 Å². The van der Waals surface area contributed by atoms with Crippen LogP contribution in [0.15, 0.2) is 86.4 Å². The second-order valence-corrected chi connectivity index (χ2v) is 6.93. The molecular formula is C24H15FN2O5. The quantitative estimate of drug-likeness (QED) is 0.422. The summed E-state index contributed by atoms with van der Waals surface area (Å²) in [6.07, 6.45) is 0. The zero-order chi connectivity index (χ0) is 22.1. The maximum atomic E-state index is 13.2. The third kappa shape index (κ3) is 3.69. The van der Waals surface area contributed by atoms with E-state index in [1.807, 2.05) is 0 Å². The van der Waals surface area contributed by atoms with Gasteiger partial charge in [0.25, 0.3) is 11.8 Å². The molecular weight excluding hydrogens is 415 g/mol. The summed E-state index contributed by atoms with van der Waals surface area (Å²) in [4.78, 5) is 13.2. The number of fused-ring (bicyclic) bond motifs is 1. The minimum absolute atomic E-state index is 0.0130. The van der Waals surface area contributed by atoms with Crippen LogP contribution in [0.5, 0.6) is 11.7 Å². The molecule has 2 aromatic heterocycles. The molecule has 0 bridgehead atoms. The van der Waals surface area contributed by atoms with Crippen molar-refractivity contribution in [3.8, 4) is 34.3 Å². The first-order valence-electron chi connectivity index (χ1n) is 9.65. The highest BCUT2D eigenvalue weighted by Crippen LogP contribution is 2.32. The second kappa shape index (κ2) is 7.99. The van der Waals surface area contributed by atoms with Gasteiger partial charge in [-0.25, -0.2) is 4.39 Å². The van der Waals surface area contributed by atoms with Crippen molar-refractivity contribution < 1.29 is 23.1 Å². The minimum atomic E-state index is -0.370. The van der Waals surface area contributed by atoms with Crippen LogP contribution in [-0.4, -0.2) is 15.3 Å². The van der Waals surface area contributed by atoms with Crippen LogP contribution < -0.4 is 10.2 Å². The molecule has 1 N–H and O–H groups in total. The molecule has 0 aliphatic rings. The molecule has 0 aliphatic carbocycles. The molecule has 3 aromatic carbocycles. The Bertz CT molecular complexity index is 1460. The molecule has 158 valence electrons. The van der Waals surface area contributed by atoms with Gasteiger partial charge in [0, 0.05) is 5.56 Å². The van der Waals surface area contributed by atoms with E-state index in [9.17, 15) is 14.3 Å². The number of hydrogen-bond acceptors (Lipinski definition) is 7. The molecule has 0 saturated carbocycles. The van der Waals surface area contributed by atoms with Gasteiger partial charge in [-0.1, -0.05) is 24.3 Å². The molecule has 8 heteroatoms. The van der Waals surface area contributed by atoms with E-state index in [-0.39, 0.29) is 46.9 Å². The first-order valence-corrected chi connectivity index (χ1v) is 9.65. The van der Waals surface area contributed by atoms with Crippen molar-refractivity contribution in [1.29, 1.82) is 0 Å². The summed E-state index contributed by atoms with van der Waals surface area (Å²) in [6.45, 7) is -0.152. The Morgan fingerprint density at radius 1 is 0.875 bits per heavy atom. The zero-order valence-corrected chi connectivity index (χ0v) is 16.5. The fraction of sp³-hybridized carbons (Fsp3) is 0.0417. The van der Waals surface area contributed by atoms with E-state index in [4.69, 9.17) is 13.6 Å². The molecule has 0 spiro atoms. The minimum Gasteiger partial charge on any atom is -0.508 e. The average molecular weight is 430 g/mol. The van der Waals surface area contributed by atoms with Crippen molar-refractivity contribution in [1.82, 2.24) is 10.2 Å². The Balaban J connectivity index is 1.50. The topological polar surface area (TPSA) is 98.6 Å². The lowest BCUT2D eigenvalue weighted by Gasteiger charge is -2.10. The van der Waals surface area contributed by atoms with Crippen molar-refractivity contribution >= 4 is 11.0 Å². The number of phenolic OH excluding ortho intramolecular Hbond substituents is 1. The van der Waals surface area contributed by atoms with Gasteiger partial charge in [-0.3, -0.25) is 4.79 Å². The number of phenols is 1. The van der Waals surface area contributed by atoms with Crippen LogP contribution in [-0.2, 0) is 6.61 Å². The summed E-state index contributed by atoms with van der Waals surface area (Å²) < 4.78 is 30.4. The number of aromatic nitrogens is 2. The third-order valence-corrected chi connectivity index (χ3v) is 4.81. The van der Waals surface area contributed by atoms with Gasteiger partial charge in [0.15, 0.2) is 6.61 Å². The monoisotopic (exact) mass is 430 g/mol. The van der Waals surface area contributed by atoms with E-state index in [2.05, 4.69) is 10.2 Å². The molecule has 0 amide bonds. The predicted molar refractivity (Wildman–Crippen MR) is 114 cm³/mol. The highest BCUT2D eigenvalue weighted by molar-refractivity contribution is 5.84. The molecule has 0 fully saturated rings. The summed E-state index contributed by atoms with van der Waals surface area (Å²) >= 11 is 0. The summed E-state index contributed by atoms with van der Waals surface area (Å²) in [6, 6.07) is 18.6. The van der Waals surface area contributed by atoms with E-state index in [0.717, 1.165) is 0 Å². The molecule has 5 rings (SSSR count). The Labute approximate surface area is 180 Å². The van der Waals surface area contributed by atoms with Gasteiger partial charge in [0.1, 0.15) is 22.7 Å². The highest BCUT2D eigenvalue weighted by atomic mass is 19.1. The van der Waals surface area contributed by atoms with Crippen LogP contribution in [0, 0.1) is 5.82 Å². The highest BCUT2D eigenvalue weighted by Gasteiger charge is 2.19. The average Bonchev–Trinajstić information content (AvgIpc) is 3.28.